The lowest BCUT2D eigenvalue weighted by atomic mass is 10.1. The zero-order valence-electron chi connectivity index (χ0n) is 13.4. The molecule has 1 aromatic carbocycles. The first-order valence-corrected chi connectivity index (χ1v) is 7.71. The summed E-state index contributed by atoms with van der Waals surface area (Å²) in [5.74, 6) is -0.399. The number of hydrogen-bond donors (Lipinski definition) is 2. The van der Waals surface area contributed by atoms with Crippen LogP contribution < -0.4 is 5.32 Å². The molecule has 24 heavy (non-hydrogen) atoms. The molecule has 0 radical (unpaired) electrons. The van der Waals surface area contributed by atoms with Crippen LogP contribution in [0, 0.1) is 5.82 Å². The van der Waals surface area contributed by atoms with E-state index in [4.69, 9.17) is 0 Å². The molecule has 2 heterocycles. The van der Waals surface area contributed by atoms with Gasteiger partial charge in [0.2, 0.25) is 0 Å². The van der Waals surface area contributed by atoms with E-state index in [0.29, 0.717) is 12.1 Å². The van der Waals surface area contributed by atoms with Gasteiger partial charge in [-0.15, -0.1) is 0 Å². The number of aliphatic hydroxyl groups is 1. The van der Waals surface area contributed by atoms with Crippen LogP contribution in [0.3, 0.4) is 0 Å². The molecule has 5 nitrogen and oxygen atoms in total. The van der Waals surface area contributed by atoms with E-state index in [9.17, 15) is 9.50 Å². The van der Waals surface area contributed by atoms with Gasteiger partial charge in [0, 0.05) is 55.4 Å². The highest BCUT2D eigenvalue weighted by Gasteiger charge is 2.13. The Kier molecular flexibility index (Phi) is 4.98. The minimum absolute atomic E-state index is 0.252. The Labute approximate surface area is 139 Å². The first-order valence-electron chi connectivity index (χ1n) is 7.71. The van der Waals surface area contributed by atoms with Gasteiger partial charge in [-0.3, -0.25) is 9.67 Å². The largest absolute Gasteiger partial charge is 0.387 e. The van der Waals surface area contributed by atoms with E-state index in [-0.39, 0.29) is 6.54 Å². The number of aliphatic hydroxyl groups excluding tert-OH is 1. The van der Waals surface area contributed by atoms with Crippen molar-refractivity contribution in [1.82, 2.24) is 20.1 Å². The molecule has 1 atom stereocenters. The molecule has 3 aromatic rings. The van der Waals surface area contributed by atoms with Crippen LogP contribution in [0.1, 0.15) is 17.2 Å². The molecular formula is C18H19FN4O. The van der Waals surface area contributed by atoms with Crippen LogP contribution in [0.4, 0.5) is 4.39 Å². The first-order chi connectivity index (χ1) is 11.6. The van der Waals surface area contributed by atoms with Crippen LogP contribution in [0.5, 0.6) is 0 Å². The smallest absolute Gasteiger partial charge is 0.129 e. The van der Waals surface area contributed by atoms with Crippen molar-refractivity contribution in [2.24, 2.45) is 7.05 Å². The second-order valence-electron chi connectivity index (χ2n) is 5.59. The van der Waals surface area contributed by atoms with E-state index >= 15 is 0 Å². The molecule has 0 amide bonds. The number of halogens is 1. The standard InChI is InChI=1S/C18H19FN4O/c1-23-12-14(18(22-23)13-5-4-8-20-9-13)10-21-11-17(24)15-6-2-3-7-16(15)19/h2-9,12,17,21,24H,10-11H2,1H3/t17-/m0/s1. The fourth-order valence-electron chi connectivity index (χ4n) is 2.61. The van der Waals surface area contributed by atoms with Crippen LogP contribution in [0.15, 0.2) is 55.0 Å². The van der Waals surface area contributed by atoms with Gasteiger partial charge in [-0.2, -0.15) is 5.10 Å². The van der Waals surface area contributed by atoms with Gasteiger partial charge in [-0.1, -0.05) is 18.2 Å². The van der Waals surface area contributed by atoms with Crippen LogP contribution >= 0.6 is 0 Å². The minimum atomic E-state index is -0.898. The molecule has 3 rings (SSSR count). The predicted octanol–water partition coefficient (Wildman–Crippen LogP) is 2.44. The Morgan fingerprint density at radius 1 is 1.25 bits per heavy atom. The maximum atomic E-state index is 13.7. The van der Waals surface area contributed by atoms with Gasteiger partial charge >= 0.3 is 0 Å². The number of aryl methyl sites for hydroxylation is 1. The van der Waals surface area contributed by atoms with E-state index in [1.807, 2.05) is 25.4 Å². The summed E-state index contributed by atoms with van der Waals surface area (Å²) in [6, 6.07) is 10.1. The Morgan fingerprint density at radius 2 is 2.08 bits per heavy atom. The number of aromatic nitrogens is 3. The molecule has 0 bridgehead atoms. The van der Waals surface area contributed by atoms with Crippen molar-refractivity contribution in [3.05, 3.63) is 71.9 Å². The molecule has 124 valence electrons. The third-order valence-electron chi connectivity index (χ3n) is 3.76. The van der Waals surface area contributed by atoms with Gasteiger partial charge in [-0.25, -0.2) is 4.39 Å². The Morgan fingerprint density at radius 3 is 2.83 bits per heavy atom. The summed E-state index contributed by atoms with van der Waals surface area (Å²) in [4.78, 5) is 4.12. The summed E-state index contributed by atoms with van der Waals surface area (Å²) in [7, 11) is 1.86. The van der Waals surface area contributed by atoms with Gasteiger partial charge in [-0.05, 0) is 18.2 Å². The second kappa shape index (κ2) is 7.33. The lowest BCUT2D eigenvalue weighted by Crippen LogP contribution is -2.21. The quantitative estimate of drug-likeness (QED) is 0.730. The van der Waals surface area contributed by atoms with Crippen LogP contribution in [0.25, 0.3) is 11.3 Å². The van der Waals surface area contributed by atoms with E-state index in [2.05, 4.69) is 15.4 Å². The van der Waals surface area contributed by atoms with Crippen LogP contribution in [-0.4, -0.2) is 26.4 Å². The summed E-state index contributed by atoms with van der Waals surface area (Å²) in [6.45, 7) is 0.770. The Bertz CT molecular complexity index is 804. The second-order valence-corrected chi connectivity index (χ2v) is 5.59. The van der Waals surface area contributed by atoms with E-state index in [0.717, 1.165) is 16.8 Å². The van der Waals surface area contributed by atoms with Crippen molar-refractivity contribution in [1.29, 1.82) is 0 Å². The predicted molar refractivity (Wildman–Crippen MR) is 89.5 cm³/mol. The number of benzene rings is 1. The molecule has 6 heteroatoms. The maximum absolute atomic E-state index is 13.7. The summed E-state index contributed by atoms with van der Waals surface area (Å²) in [6.07, 6.45) is 4.50. The summed E-state index contributed by atoms with van der Waals surface area (Å²) in [5.41, 5.74) is 3.07. The van der Waals surface area contributed by atoms with E-state index in [1.54, 1.807) is 35.3 Å². The highest BCUT2D eigenvalue weighted by atomic mass is 19.1. The average Bonchev–Trinajstić information content (AvgIpc) is 2.97. The molecule has 2 aromatic heterocycles. The fourth-order valence-corrected chi connectivity index (χ4v) is 2.61. The van der Waals surface area contributed by atoms with Crippen molar-refractivity contribution in [2.45, 2.75) is 12.6 Å². The van der Waals surface area contributed by atoms with Crippen molar-refractivity contribution < 1.29 is 9.50 Å². The number of pyridine rings is 1. The summed E-state index contributed by atoms with van der Waals surface area (Å²) < 4.78 is 15.4. The van der Waals surface area contributed by atoms with Crippen molar-refractivity contribution in [2.75, 3.05) is 6.54 Å². The summed E-state index contributed by atoms with van der Waals surface area (Å²) in [5, 5.41) is 17.8. The van der Waals surface area contributed by atoms with Crippen molar-refractivity contribution in [3.63, 3.8) is 0 Å². The maximum Gasteiger partial charge on any atom is 0.129 e. The van der Waals surface area contributed by atoms with Crippen LogP contribution in [0.2, 0.25) is 0 Å². The highest BCUT2D eigenvalue weighted by molar-refractivity contribution is 5.61. The number of rotatable bonds is 6. The lowest BCUT2D eigenvalue weighted by Gasteiger charge is -2.13. The van der Waals surface area contributed by atoms with Gasteiger partial charge < -0.3 is 10.4 Å². The molecule has 0 unspecified atom stereocenters. The molecule has 2 N–H and O–H groups in total. The zero-order valence-corrected chi connectivity index (χ0v) is 13.4. The SMILES string of the molecule is Cn1cc(CNC[C@H](O)c2ccccc2F)c(-c2cccnc2)n1. The monoisotopic (exact) mass is 326 g/mol. The van der Waals surface area contributed by atoms with Gasteiger partial charge in [0.25, 0.3) is 0 Å². The Balaban J connectivity index is 1.67. The lowest BCUT2D eigenvalue weighted by molar-refractivity contribution is 0.169. The molecule has 0 saturated carbocycles. The molecule has 0 aliphatic carbocycles. The average molecular weight is 326 g/mol. The van der Waals surface area contributed by atoms with Crippen LogP contribution in [-0.2, 0) is 13.6 Å². The Hall–Kier alpha value is -2.57. The van der Waals surface area contributed by atoms with E-state index in [1.165, 1.54) is 6.07 Å². The van der Waals surface area contributed by atoms with Gasteiger partial charge in [0.1, 0.15) is 5.82 Å². The number of nitrogens with one attached hydrogen (secondary N) is 1. The molecule has 0 aliphatic rings. The molecular weight excluding hydrogens is 307 g/mol. The van der Waals surface area contributed by atoms with Crippen molar-refractivity contribution >= 4 is 0 Å². The minimum Gasteiger partial charge on any atom is -0.387 e. The number of hydrogen-bond acceptors (Lipinski definition) is 4. The third-order valence-corrected chi connectivity index (χ3v) is 3.76. The topological polar surface area (TPSA) is 63.0 Å². The van der Waals surface area contributed by atoms with Gasteiger partial charge in [0.15, 0.2) is 0 Å². The number of nitrogens with zero attached hydrogens (tertiary/aromatic N) is 3. The van der Waals surface area contributed by atoms with E-state index < -0.39 is 11.9 Å². The fraction of sp³-hybridized carbons (Fsp3) is 0.222. The molecule has 0 spiro atoms. The molecule has 0 aliphatic heterocycles. The zero-order chi connectivity index (χ0) is 16.9. The first kappa shape index (κ1) is 16.3. The van der Waals surface area contributed by atoms with Crippen molar-refractivity contribution in [3.8, 4) is 11.3 Å². The highest BCUT2D eigenvalue weighted by Crippen LogP contribution is 2.21. The normalized spacial score (nSPS) is 12.3. The molecule has 0 fully saturated rings. The molecule has 0 saturated heterocycles. The van der Waals surface area contributed by atoms with Gasteiger partial charge in [0.05, 0.1) is 11.8 Å². The third kappa shape index (κ3) is 3.67. The summed E-state index contributed by atoms with van der Waals surface area (Å²) >= 11 is 0.